The Balaban J connectivity index is 1.98. The van der Waals surface area contributed by atoms with Crippen LogP contribution in [0.15, 0.2) is 12.1 Å². The van der Waals surface area contributed by atoms with Crippen LogP contribution in [0.5, 0.6) is 0 Å². The average Bonchev–Trinajstić information content (AvgIpc) is 2.44. The maximum atomic E-state index is 12.0. The molecule has 1 aromatic carbocycles. The first-order chi connectivity index (χ1) is 10.4. The van der Waals surface area contributed by atoms with Crippen LogP contribution in [0.25, 0.3) is 0 Å². The Morgan fingerprint density at radius 1 is 1.00 bits per heavy atom. The molecule has 2 rings (SSSR count). The summed E-state index contributed by atoms with van der Waals surface area (Å²) in [5.41, 5.74) is 5.07. The molecule has 1 N–H and O–H groups in total. The van der Waals surface area contributed by atoms with E-state index in [1.807, 2.05) is 0 Å². The Morgan fingerprint density at radius 2 is 1.55 bits per heavy atom. The van der Waals surface area contributed by atoms with Gasteiger partial charge in [0, 0.05) is 38.3 Å². The quantitative estimate of drug-likeness (QED) is 0.925. The van der Waals surface area contributed by atoms with Gasteiger partial charge >= 0.3 is 5.97 Å². The van der Waals surface area contributed by atoms with E-state index in [0.29, 0.717) is 13.1 Å². The number of hydrogen-bond acceptors (Lipinski definition) is 3. The minimum atomic E-state index is -0.919. The second-order valence-corrected chi connectivity index (χ2v) is 6.01. The molecule has 1 saturated heterocycles. The predicted molar refractivity (Wildman–Crippen MR) is 86.3 cm³/mol. The summed E-state index contributed by atoms with van der Waals surface area (Å²) in [5, 5.41) is 8.66. The molecule has 5 heteroatoms. The van der Waals surface area contributed by atoms with Crippen molar-refractivity contribution in [3.8, 4) is 0 Å². The summed E-state index contributed by atoms with van der Waals surface area (Å²) in [6.07, 6.45) is 0.00709. The second kappa shape index (κ2) is 6.81. The van der Waals surface area contributed by atoms with Gasteiger partial charge in [-0.25, -0.2) is 0 Å². The fourth-order valence-electron chi connectivity index (χ4n) is 3.22. The van der Waals surface area contributed by atoms with E-state index < -0.39 is 5.97 Å². The number of rotatable bonds is 4. The number of anilines is 1. The van der Waals surface area contributed by atoms with Gasteiger partial charge < -0.3 is 14.9 Å². The SMILES string of the molecule is Cc1cc(C)c(N2CCN(C(=O)CCC(=O)O)CC2)c(C)c1. The Bertz CT molecular complexity index is 552. The number of aliphatic carboxylic acids is 1. The molecule has 0 atom stereocenters. The van der Waals surface area contributed by atoms with Crippen molar-refractivity contribution in [2.75, 3.05) is 31.1 Å². The molecule has 5 nitrogen and oxygen atoms in total. The van der Waals surface area contributed by atoms with E-state index in [0.717, 1.165) is 13.1 Å². The van der Waals surface area contributed by atoms with Crippen LogP contribution in [0.2, 0.25) is 0 Å². The molecule has 0 saturated carbocycles. The summed E-state index contributed by atoms with van der Waals surface area (Å²) in [6, 6.07) is 4.37. The molecular formula is C17H24N2O3. The number of hydrogen-bond donors (Lipinski definition) is 1. The normalized spacial score (nSPS) is 15.0. The van der Waals surface area contributed by atoms with Gasteiger partial charge in [0.15, 0.2) is 0 Å². The lowest BCUT2D eigenvalue weighted by atomic mass is 10.0. The highest BCUT2D eigenvalue weighted by Gasteiger charge is 2.23. The molecule has 1 aromatic rings. The number of carbonyl (C=O) groups is 2. The van der Waals surface area contributed by atoms with Crippen LogP contribution in [0.1, 0.15) is 29.5 Å². The zero-order valence-corrected chi connectivity index (χ0v) is 13.6. The van der Waals surface area contributed by atoms with Gasteiger partial charge in [-0.3, -0.25) is 9.59 Å². The highest BCUT2D eigenvalue weighted by atomic mass is 16.4. The van der Waals surface area contributed by atoms with Crippen molar-refractivity contribution in [1.82, 2.24) is 4.90 Å². The summed E-state index contributed by atoms with van der Waals surface area (Å²) >= 11 is 0. The third kappa shape index (κ3) is 3.78. The Morgan fingerprint density at radius 3 is 2.05 bits per heavy atom. The number of benzene rings is 1. The van der Waals surface area contributed by atoms with Crippen molar-refractivity contribution in [1.29, 1.82) is 0 Å². The fourth-order valence-corrected chi connectivity index (χ4v) is 3.22. The minimum absolute atomic E-state index is 0.0561. The van der Waals surface area contributed by atoms with Crippen LogP contribution in [0.4, 0.5) is 5.69 Å². The summed E-state index contributed by atoms with van der Waals surface area (Å²) in [4.78, 5) is 26.6. The molecule has 0 aromatic heterocycles. The lowest BCUT2D eigenvalue weighted by Gasteiger charge is -2.37. The van der Waals surface area contributed by atoms with Crippen molar-refractivity contribution in [3.63, 3.8) is 0 Å². The van der Waals surface area contributed by atoms with Crippen LogP contribution in [-0.4, -0.2) is 48.1 Å². The Kier molecular flexibility index (Phi) is 5.06. The number of nitrogens with zero attached hydrogens (tertiary/aromatic N) is 2. The van der Waals surface area contributed by atoms with E-state index in [1.165, 1.54) is 22.4 Å². The molecule has 1 amide bonds. The number of amides is 1. The Hall–Kier alpha value is -2.04. The van der Waals surface area contributed by atoms with Gasteiger partial charge in [0.05, 0.1) is 6.42 Å². The highest BCUT2D eigenvalue weighted by molar-refractivity contribution is 5.81. The molecule has 0 aliphatic carbocycles. The van der Waals surface area contributed by atoms with E-state index in [4.69, 9.17) is 5.11 Å². The number of carboxylic acids is 1. The zero-order chi connectivity index (χ0) is 16.3. The minimum Gasteiger partial charge on any atom is -0.481 e. The van der Waals surface area contributed by atoms with Crippen molar-refractivity contribution in [3.05, 3.63) is 28.8 Å². The molecule has 120 valence electrons. The first-order valence-corrected chi connectivity index (χ1v) is 7.71. The standard InChI is InChI=1S/C17H24N2O3/c1-12-10-13(2)17(14(3)11-12)19-8-6-18(7-9-19)15(20)4-5-16(21)22/h10-11H,4-9H2,1-3H3,(H,21,22). The molecular weight excluding hydrogens is 280 g/mol. The molecule has 1 aliphatic rings. The first kappa shape index (κ1) is 16.3. The highest BCUT2D eigenvalue weighted by Crippen LogP contribution is 2.27. The van der Waals surface area contributed by atoms with E-state index in [2.05, 4.69) is 37.8 Å². The van der Waals surface area contributed by atoms with Crippen molar-refractivity contribution in [2.24, 2.45) is 0 Å². The van der Waals surface area contributed by atoms with E-state index in [9.17, 15) is 9.59 Å². The molecule has 1 aliphatic heterocycles. The molecule has 0 radical (unpaired) electrons. The number of aryl methyl sites for hydroxylation is 3. The van der Waals surface area contributed by atoms with Crippen LogP contribution in [0, 0.1) is 20.8 Å². The molecule has 0 spiro atoms. The van der Waals surface area contributed by atoms with Gasteiger partial charge in [-0.1, -0.05) is 17.7 Å². The molecule has 0 bridgehead atoms. The largest absolute Gasteiger partial charge is 0.481 e. The maximum Gasteiger partial charge on any atom is 0.303 e. The average molecular weight is 304 g/mol. The van der Waals surface area contributed by atoms with Crippen molar-refractivity contribution >= 4 is 17.6 Å². The zero-order valence-electron chi connectivity index (χ0n) is 13.6. The van der Waals surface area contributed by atoms with Crippen LogP contribution < -0.4 is 4.90 Å². The van der Waals surface area contributed by atoms with Gasteiger partial charge in [0.2, 0.25) is 5.91 Å². The van der Waals surface area contributed by atoms with Crippen LogP contribution >= 0.6 is 0 Å². The summed E-state index contributed by atoms with van der Waals surface area (Å²) < 4.78 is 0. The summed E-state index contributed by atoms with van der Waals surface area (Å²) in [5.74, 6) is -0.975. The summed E-state index contributed by atoms with van der Waals surface area (Å²) in [6.45, 7) is 9.26. The number of piperazine rings is 1. The third-order valence-electron chi connectivity index (χ3n) is 4.14. The van der Waals surface area contributed by atoms with E-state index in [1.54, 1.807) is 4.90 Å². The topological polar surface area (TPSA) is 60.9 Å². The molecule has 0 unspecified atom stereocenters. The van der Waals surface area contributed by atoms with E-state index in [-0.39, 0.29) is 18.7 Å². The van der Waals surface area contributed by atoms with Gasteiger partial charge in [-0.05, 0) is 31.9 Å². The van der Waals surface area contributed by atoms with Gasteiger partial charge in [0.25, 0.3) is 0 Å². The molecule has 1 heterocycles. The van der Waals surface area contributed by atoms with Gasteiger partial charge in [0.1, 0.15) is 0 Å². The molecule has 22 heavy (non-hydrogen) atoms. The van der Waals surface area contributed by atoms with Crippen LogP contribution in [0.3, 0.4) is 0 Å². The predicted octanol–water partition coefficient (Wildman–Crippen LogP) is 2.13. The molecule has 1 fully saturated rings. The maximum absolute atomic E-state index is 12.0. The fraction of sp³-hybridized carbons (Fsp3) is 0.529. The second-order valence-electron chi connectivity index (χ2n) is 6.01. The lowest BCUT2D eigenvalue weighted by Crippen LogP contribution is -2.49. The Labute approximate surface area is 131 Å². The van der Waals surface area contributed by atoms with Gasteiger partial charge in [-0.2, -0.15) is 0 Å². The first-order valence-electron chi connectivity index (χ1n) is 7.71. The van der Waals surface area contributed by atoms with Crippen LogP contribution in [-0.2, 0) is 9.59 Å². The summed E-state index contributed by atoms with van der Waals surface area (Å²) in [7, 11) is 0. The van der Waals surface area contributed by atoms with Crippen molar-refractivity contribution in [2.45, 2.75) is 33.6 Å². The number of carboxylic acid groups (broad SMARTS) is 1. The van der Waals surface area contributed by atoms with E-state index >= 15 is 0 Å². The van der Waals surface area contributed by atoms with Gasteiger partial charge in [-0.15, -0.1) is 0 Å². The number of carbonyl (C=O) groups excluding carboxylic acids is 1. The lowest BCUT2D eigenvalue weighted by molar-refractivity contribution is -0.141. The van der Waals surface area contributed by atoms with Crippen molar-refractivity contribution < 1.29 is 14.7 Å². The monoisotopic (exact) mass is 304 g/mol. The smallest absolute Gasteiger partial charge is 0.303 e. The third-order valence-corrected chi connectivity index (χ3v) is 4.14.